The summed E-state index contributed by atoms with van der Waals surface area (Å²) in [6, 6.07) is 11.5. The summed E-state index contributed by atoms with van der Waals surface area (Å²) in [6.07, 6.45) is -0.606. The van der Waals surface area contributed by atoms with E-state index in [1.807, 2.05) is 48.7 Å². The number of aryl methyl sites for hydroxylation is 1. The molecule has 25 heavy (non-hydrogen) atoms. The second kappa shape index (κ2) is 7.48. The van der Waals surface area contributed by atoms with E-state index in [0.717, 1.165) is 10.4 Å². The zero-order valence-corrected chi connectivity index (χ0v) is 15.1. The van der Waals surface area contributed by atoms with Crippen molar-refractivity contribution in [3.8, 4) is 16.5 Å². The quantitative estimate of drug-likeness (QED) is 0.675. The summed E-state index contributed by atoms with van der Waals surface area (Å²) in [5.41, 5.74) is 0.988. The van der Waals surface area contributed by atoms with Gasteiger partial charge in [0.15, 0.2) is 6.10 Å². The fourth-order valence-electron chi connectivity index (χ4n) is 2.35. The Hall–Kier alpha value is -2.67. The molecule has 1 aromatic carbocycles. The molecule has 0 N–H and O–H groups in total. The molecule has 130 valence electrons. The van der Waals surface area contributed by atoms with E-state index >= 15 is 0 Å². The van der Waals surface area contributed by atoms with Crippen LogP contribution >= 0.6 is 11.3 Å². The Morgan fingerprint density at radius 2 is 2.12 bits per heavy atom. The largest absolute Gasteiger partial charge is 0.481 e. The molecule has 0 aliphatic heterocycles. The van der Waals surface area contributed by atoms with Crippen LogP contribution in [0.5, 0.6) is 5.75 Å². The van der Waals surface area contributed by atoms with Crippen LogP contribution in [-0.2, 0) is 11.3 Å². The number of hydrogen-bond acceptors (Lipinski definition) is 6. The van der Waals surface area contributed by atoms with Gasteiger partial charge in [-0.05, 0) is 36.9 Å². The number of likely N-dealkylation sites (N-methyl/N-ethyl adjacent to an activating group) is 1. The molecule has 3 aromatic rings. The van der Waals surface area contributed by atoms with Crippen LogP contribution in [0.1, 0.15) is 18.4 Å². The number of carbonyl (C=O) groups excluding carboxylic acids is 1. The van der Waals surface area contributed by atoms with Gasteiger partial charge >= 0.3 is 0 Å². The summed E-state index contributed by atoms with van der Waals surface area (Å²) in [5.74, 6) is 1.48. The fraction of sp³-hybridized carbons (Fsp3) is 0.278. The lowest BCUT2D eigenvalue weighted by Crippen LogP contribution is -2.37. The van der Waals surface area contributed by atoms with E-state index in [2.05, 4.69) is 10.1 Å². The molecule has 3 rings (SSSR count). The van der Waals surface area contributed by atoms with E-state index in [1.54, 1.807) is 14.0 Å². The monoisotopic (exact) mass is 357 g/mol. The Labute approximate surface area is 150 Å². The van der Waals surface area contributed by atoms with Gasteiger partial charge in [0, 0.05) is 7.05 Å². The van der Waals surface area contributed by atoms with Gasteiger partial charge in [0.25, 0.3) is 5.91 Å². The Morgan fingerprint density at radius 1 is 1.32 bits per heavy atom. The van der Waals surface area contributed by atoms with Gasteiger partial charge in [-0.1, -0.05) is 29.4 Å². The normalized spacial score (nSPS) is 12.0. The first-order valence-electron chi connectivity index (χ1n) is 7.88. The Morgan fingerprint density at radius 3 is 2.84 bits per heavy atom. The molecule has 2 aromatic heterocycles. The van der Waals surface area contributed by atoms with Crippen molar-refractivity contribution >= 4 is 17.2 Å². The van der Waals surface area contributed by atoms with E-state index in [0.29, 0.717) is 17.5 Å². The van der Waals surface area contributed by atoms with Crippen LogP contribution in [0.3, 0.4) is 0 Å². The second-order valence-corrected chi connectivity index (χ2v) is 6.66. The molecule has 0 aliphatic carbocycles. The maximum Gasteiger partial charge on any atom is 0.263 e. The minimum atomic E-state index is -0.606. The number of rotatable bonds is 6. The smallest absolute Gasteiger partial charge is 0.263 e. The molecular weight excluding hydrogens is 338 g/mol. The molecular formula is C18H19N3O3S. The number of amides is 1. The zero-order valence-electron chi connectivity index (χ0n) is 14.3. The van der Waals surface area contributed by atoms with Crippen molar-refractivity contribution in [2.75, 3.05) is 7.05 Å². The topological polar surface area (TPSA) is 68.5 Å². The fourth-order valence-corrected chi connectivity index (χ4v) is 2.99. The van der Waals surface area contributed by atoms with Gasteiger partial charge in [-0.2, -0.15) is 4.98 Å². The highest BCUT2D eigenvalue weighted by molar-refractivity contribution is 7.13. The number of hydrogen-bond donors (Lipinski definition) is 0. The van der Waals surface area contributed by atoms with Gasteiger partial charge in [0.1, 0.15) is 5.75 Å². The third-order valence-electron chi connectivity index (χ3n) is 3.70. The van der Waals surface area contributed by atoms with Crippen molar-refractivity contribution in [1.82, 2.24) is 15.0 Å². The molecule has 0 bridgehead atoms. The molecule has 0 fully saturated rings. The van der Waals surface area contributed by atoms with Gasteiger partial charge in [-0.15, -0.1) is 11.3 Å². The minimum absolute atomic E-state index is 0.154. The van der Waals surface area contributed by atoms with Crippen molar-refractivity contribution < 1.29 is 14.1 Å². The molecule has 7 heteroatoms. The first-order chi connectivity index (χ1) is 12.0. The van der Waals surface area contributed by atoms with Crippen LogP contribution < -0.4 is 4.74 Å². The molecule has 0 spiro atoms. The van der Waals surface area contributed by atoms with Crippen LogP contribution in [0.15, 0.2) is 46.3 Å². The predicted molar refractivity (Wildman–Crippen MR) is 95.4 cm³/mol. The number of para-hydroxylation sites is 1. The lowest BCUT2D eigenvalue weighted by Gasteiger charge is -2.21. The van der Waals surface area contributed by atoms with Crippen LogP contribution in [0.25, 0.3) is 10.7 Å². The standard InChI is InChI=1S/C18H19N3O3S/c1-12-7-4-5-8-14(12)23-13(2)18(22)21(3)11-16-19-17(20-24-16)15-9-6-10-25-15/h4-10,13H,11H2,1-3H3. The molecule has 1 unspecified atom stereocenters. The SMILES string of the molecule is Cc1ccccc1OC(C)C(=O)N(C)Cc1nc(-c2cccs2)no1. The second-order valence-electron chi connectivity index (χ2n) is 5.71. The number of nitrogens with zero attached hydrogens (tertiary/aromatic N) is 3. The van der Waals surface area contributed by atoms with Gasteiger partial charge in [0.2, 0.25) is 11.7 Å². The van der Waals surface area contributed by atoms with E-state index in [4.69, 9.17) is 9.26 Å². The average molecular weight is 357 g/mol. The van der Waals surface area contributed by atoms with E-state index in [-0.39, 0.29) is 12.5 Å². The van der Waals surface area contributed by atoms with Gasteiger partial charge in [-0.25, -0.2) is 0 Å². The summed E-state index contributed by atoms with van der Waals surface area (Å²) in [5, 5.41) is 5.90. The highest BCUT2D eigenvalue weighted by Gasteiger charge is 2.22. The van der Waals surface area contributed by atoms with Crippen LogP contribution in [0, 0.1) is 6.92 Å². The maximum absolute atomic E-state index is 12.5. The molecule has 6 nitrogen and oxygen atoms in total. The lowest BCUT2D eigenvalue weighted by atomic mass is 10.2. The van der Waals surface area contributed by atoms with E-state index in [9.17, 15) is 4.79 Å². The van der Waals surface area contributed by atoms with Crippen molar-refractivity contribution in [2.24, 2.45) is 0 Å². The number of benzene rings is 1. The van der Waals surface area contributed by atoms with Gasteiger partial charge in [-0.3, -0.25) is 4.79 Å². The van der Waals surface area contributed by atoms with Crippen molar-refractivity contribution in [3.63, 3.8) is 0 Å². The van der Waals surface area contributed by atoms with Crippen molar-refractivity contribution in [3.05, 3.63) is 53.2 Å². The Balaban J connectivity index is 1.61. The number of carbonyl (C=O) groups is 1. The summed E-state index contributed by atoms with van der Waals surface area (Å²) in [7, 11) is 1.69. The third kappa shape index (κ3) is 4.06. The summed E-state index contributed by atoms with van der Waals surface area (Å²) < 4.78 is 11.0. The molecule has 0 saturated carbocycles. The summed E-state index contributed by atoms with van der Waals surface area (Å²) in [6.45, 7) is 3.91. The van der Waals surface area contributed by atoms with Gasteiger partial charge in [0.05, 0.1) is 11.4 Å². The molecule has 1 amide bonds. The molecule has 0 saturated heterocycles. The number of thiophene rings is 1. The third-order valence-corrected chi connectivity index (χ3v) is 4.57. The average Bonchev–Trinajstić information content (AvgIpc) is 3.27. The first-order valence-corrected chi connectivity index (χ1v) is 8.76. The van der Waals surface area contributed by atoms with Crippen LogP contribution in [0.2, 0.25) is 0 Å². The first kappa shape index (κ1) is 17.2. The van der Waals surface area contributed by atoms with Crippen LogP contribution in [0.4, 0.5) is 0 Å². The highest BCUT2D eigenvalue weighted by Crippen LogP contribution is 2.22. The Kier molecular flexibility index (Phi) is 5.14. The van der Waals surface area contributed by atoms with Crippen molar-refractivity contribution in [1.29, 1.82) is 0 Å². The summed E-state index contributed by atoms with van der Waals surface area (Å²) >= 11 is 1.54. The van der Waals surface area contributed by atoms with Gasteiger partial charge < -0.3 is 14.2 Å². The molecule has 1 atom stereocenters. The van der Waals surface area contributed by atoms with Crippen molar-refractivity contribution in [2.45, 2.75) is 26.5 Å². The van der Waals surface area contributed by atoms with Crippen LogP contribution in [-0.4, -0.2) is 34.1 Å². The molecule has 0 aliphatic rings. The molecule has 2 heterocycles. The number of aromatic nitrogens is 2. The lowest BCUT2D eigenvalue weighted by molar-refractivity contribution is -0.137. The predicted octanol–water partition coefficient (Wildman–Crippen LogP) is 3.53. The summed E-state index contributed by atoms with van der Waals surface area (Å²) in [4.78, 5) is 19.3. The number of ether oxygens (including phenoxy) is 1. The zero-order chi connectivity index (χ0) is 17.8. The molecule has 0 radical (unpaired) electrons. The van der Waals surface area contributed by atoms with E-state index in [1.165, 1.54) is 16.2 Å². The highest BCUT2D eigenvalue weighted by atomic mass is 32.1. The Bertz CT molecular complexity index is 845. The maximum atomic E-state index is 12.5. The minimum Gasteiger partial charge on any atom is -0.481 e. The van der Waals surface area contributed by atoms with E-state index < -0.39 is 6.10 Å².